The maximum Gasteiger partial charge on any atom is 0.413 e. The van der Waals surface area contributed by atoms with Crippen molar-refractivity contribution in [2.75, 3.05) is 19.5 Å². The van der Waals surface area contributed by atoms with Crippen molar-refractivity contribution in [3.63, 3.8) is 0 Å². The summed E-state index contributed by atoms with van der Waals surface area (Å²) in [5, 5.41) is 1.93. The van der Waals surface area contributed by atoms with Crippen LogP contribution in [0.4, 0.5) is 4.79 Å². The van der Waals surface area contributed by atoms with Gasteiger partial charge in [-0.05, 0) is 25.3 Å². The number of benzene rings is 1. The number of hydrogen-bond acceptors (Lipinski definition) is 6. The molecule has 1 aromatic rings. The third-order valence-electron chi connectivity index (χ3n) is 2.18. The van der Waals surface area contributed by atoms with Crippen LogP contribution in [-0.4, -0.2) is 37.4 Å². The first-order valence-corrected chi connectivity index (χ1v) is 7.07. The highest BCUT2D eigenvalue weighted by Gasteiger charge is 2.15. The largest absolute Gasteiger partial charge is 0.452 e. The molecule has 0 unspecified atom stereocenters. The fourth-order valence-corrected chi connectivity index (χ4v) is 1.93. The number of carbonyl (C=O) groups is 3. The molecule has 1 rings (SSSR count). The molecule has 0 aromatic heterocycles. The van der Waals surface area contributed by atoms with Crippen molar-refractivity contribution in [2.24, 2.45) is 0 Å². The monoisotopic (exact) mass is 297 g/mol. The summed E-state index contributed by atoms with van der Waals surface area (Å²) in [5.41, 5.74) is 0.379. The number of ether oxygens (including phenoxy) is 2. The fraction of sp³-hybridized carbons (Fsp3) is 0.308. The topological polar surface area (TPSA) is 81.7 Å². The zero-order chi connectivity index (χ0) is 15.0. The van der Waals surface area contributed by atoms with Gasteiger partial charge in [-0.3, -0.25) is 10.1 Å². The van der Waals surface area contributed by atoms with E-state index in [1.54, 1.807) is 31.2 Å². The van der Waals surface area contributed by atoms with Crippen LogP contribution in [0.25, 0.3) is 0 Å². The van der Waals surface area contributed by atoms with Crippen molar-refractivity contribution >= 4 is 29.7 Å². The standard InChI is InChI=1S/C13H15NO5S/c1-3-18-13(17)14-11(15)8-19-12(16)9-6-4-5-7-10(9)20-2/h4-7H,3,8H2,1-2H3,(H,14,15,17). The second-order valence-electron chi connectivity index (χ2n) is 3.55. The lowest BCUT2D eigenvalue weighted by molar-refractivity contribution is -0.123. The van der Waals surface area contributed by atoms with Gasteiger partial charge in [0.1, 0.15) is 0 Å². The molecule has 0 radical (unpaired) electrons. The Hall–Kier alpha value is -2.02. The predicted molar refractivity (Wildman–Crippen MR) is 73.7 cm³/mol. The molecular formula is C13H15NO5S. The Morgan fingerprint density at radius 2 is 1.90 bits per heavy atom. The Kier molecular flexibility index (Phi) is 6.58. The second-order valence-corrected chi connectivity index (χ2v) is 4.39. The minimum atomic E-state index is -0.863. The Bertz CT molecular complexity index is 503. The van der Waals surface area contributed by atoms with E-state index in [1.165, 1.54) is 11.8 Å². The fourth-order valence-electron chi connectivity index (χ4n) is 1.34. The van der Waals surface area contributed by atoms with Gasteiger partial charge in [-0.15, -0.1) is 11.8 Å². The van der Waals surface area contributed by atoms with E-state index >= 15 is 0 Å². The highest BCUT2D eigenvalue weighted by molar-refractivity contribution is 7.98. The van der Waals surface area contributed by atoms with E-state index in [0.717, 1.165) is 4.90 Å². The molecule has 0 fully saturated rings. The summed E-state index contributed by atoms with van der Waals surface area (Å²) in [6.07, 6.45) is 0.970. The van der Waals surface area contributed by atoms with E-state index in [0.29, 0.717) is 5.56 Å². The van der Waals surface area contributed by atoms with Crippen LogP contribution in [0.2, 0.25) is 0 Å². The highest BCUT2D eigenvalue weighted by Crippen LogP contribution is 2.20. The van der Waals surface area contributed by atoms with E-state index in [2.05, 4.69) is 4.74 Å². The van der Waals surface area contributed by atoms with Gasteiger partial charge in [0.25, 0.3) is 5.91 Å². The minimum Gasteiger partial charge on any atom is -0.452 e. The van der Waals surface area contributed by atoms with Gasteiger partial charge < -0.3 is 9.47 Å². The number of imide groups is 1. The van der Waals surface area contributed by atoms with Crippen molar-refractivity contribution in [1.82, 2.24) is 5.32 Å². The van der Waals surface area contributed by atoms with Gasteiger partial charge in [0, 0.05) is 4.90 Å². The van der Waals surface area contributed by atoms with Crippen LogP contribution in [0.5, 0.6) is 0 Å². The summed E-state index contributed by atoms with van der Waals surface area (Å²) in [4.78, 5) is 34.9. The molecule has 0 aliphatic carbocycles. The van der Waals surface area contributed by atoms with Crippen LogP contribution in [0, 0.1) is 0 Å². The van der Waals surface area contributed by atoms with Crippen LogP contribution < -0.4 is 5.32 Å². The number of carbonyl (C=O) groups excluding carboxylic acids is 3. The third-order valence-corrected chi connectivity index (χ3v) is 2.97. The van der Waals surface area contributed by atoms with E-state index in [1.807, 2.05) is 11.6 Å². The summed E-state index contributed by atoms with van der Waals surface area (Å²) in [6, 6.07) is 6.89. The normalized spacial score (nSPS) is 9.70. The first-order chi connectivity index (χ1) is 9.58. The Labute approximate surface area is 120 Å². The minimum absolute atomic E-state index is 0.153. The lowest BCUT2D eigenvalue weighted by Crippen LogP contribution is -2.34. The number of rotatable bonds is 5. The number of alkyl carbamates (subject to hydrolysis) is 1. The first kappa shape index (κ1) is 16.0. The van der Waals surface area contributed by atoms with E-state index in [4.69, 9.17) is 4.74 Å². The lowest BCUT2D eigenvalue weighted by atomic mass is 10.2. The summed E-state index contributed by atoms with van der Waals surface area (Å²) < 4.78 is 9.37. The van der Waals surface area contributed by atoms with Crippen molar-refractivity contribution in [2.45, 2.75) is 11.8 Å². The molecule has 0 spiro atoms. The van der Waals surface area contributed by atoms with E-state index < -0.39 is 24.6 Å². The van der Waals surface area contributed by atoms with Crippen molar-refractivity contribution in [3.05, 3.63) is 29.8 Å². The van der Waals surface area contributed by atoms with Gasteiger partial charge in [-0.25, -0.2) is 9.59 Å². The Morgan fingerprint density at radius 3 is 2.55 bits per heavy atom. The molecule has 20 heavy (non-hydrogen) atoms. The zero-order valence-electron chi connectivity index (χ0n) is 11.2. The summed E-state index contributed by atoms with van der Waals surface area (Å²) >= 11 is 1.40. The number of esters is 1. The molecule has 0 bridgehead atoms. The van der Waals surface area contributed by atoms with E-state index in [-0.39, 0.29) is 6.61 Å². The van der Waals surface area contributed by atoms with Gasteiger partial charge in [0.05, 0.1) is 12.2 Å². The quantitative estimate of drug-likeness (QED) is 0.659. The van der Waals surface area contributed by atoms with Gasteiger partial charge >= 0.3 is 12.1 Å². The molecule has 0 aliphatic heterocycles. The van der Waals surface area contributed by atoms with Crippen LogP contribution in [0.3, 0.4) is 0 Å². The summed E-state index contributed by atoms with van der Waals surface area (Å²) in [5.74, 6) is -1.35. The maximum atomic E-state index is 11.8. The average molecular weight is 297 g/mol. The second kappa shape index (κ2) is 8.21. The third kappa shape index (κ3) is 4.93. The first-order valence-electron chi connectivity index (χ1n) is 5.85. The van der Waals surface area contributed by atoms with Gasteiger partial charge in [0.2, 0.25) is 0 Å². The molecule has 1 aromatic carbocycles. The van der Waals surface area contributed by atoms with Gasteiger partial charge in [0.15, 0.2) is 6.61 Å². The molecule has 0 saturated carbocycles. The molecule has 6 nitrogen and oxygen atoms in total. The SMILES string of the molecule is CCOC(=O)NC(=O)COC(=O)c1ccccc1SC. The maximum absolute atomic E-state index is 11.8. The van der Waals surface area contributed by atoms with Crippen LogP contribution in [0.15, 0.2) is 29.2 Å². The molecule has 0 heterocycles. The molecule has 2 amide bonds. The van der Waals surface area contributed by atoms with E-state index in [9.17, 15) is 14.4 Å². The molecule has 0 atom stereocenters. The predicted octanol–water partition coefficient (Wildman–Crippen LogP) is 1.84. The smallest absolute Gasteiger partial charge is 0.413 e. The Balaban J connectivity index is 2.51. The van der Waals surface area contributed by atoms with Crippen LogP contribution in [0.1, 0.15) is 17.3 Å². The number of amides is 2. The number of thioether (sulfide) groups is 1. The number of hydrogen-bond donors (Lipinski definition) is 1. The van der Waals surface area contributed by atoms with Crippen LogP contribution in [-0.2, 0) is 14.3 Å². The van der Waals surface area contributed by atoms with Gasteiger partial charge in [-0.1, -0.05) is 12.1 Å². The molecule has 7 heteroatoms. The molecule has 0 saturated heterocycles. The number of nitrogens with one attached hydrogen (secondary N) is 1. The van der Waals surface area contributed by atoms with Gasteiger partial charge in [-0.2, -0.15) is 0 Å². The van der Waals surface area contributed by atoms with Crippen molar-refractivity contribution < 1.29 is 23.9 Å². The lowest BCUT2D eigenvalue weighted by Gasteiger charge is -2.08. The summed E-state index contributed by atoms with van der Waals surface area (Å²) in [7, 11) is 0. The Morgan fingerprint density at radius 1 is 1.20 bits per heavy atom. The zero-order valence-corrected chi connectivity index (χ0v) is 12.0. The van der Waals surface area contributed by atoms with Crippen molar-refractivity contribution in [1.29, 1.82) is 0 Å². The molecule has 1 N–H and O–H groups in total. The average Bonchev–Trinajstić information content (AvgIpc) is 2.44. The molecule has 108 valence electrons. The van der Waals surface area contributed by atoms with Crippen LogP contribution >= 0.6 is 11.8 Å². The summed E-state index contributed by atoms with van der Waals surface area (Å²) in [6.45, 7) is 1.23. The molecular weight excluding hydrogens is 282 g/mol. The molecule has 0 aliphatic rings. The highest BCUT2D eigenvalue weighted by atomic mass is 32.2. The van der Waals surface area contributed by atoms with Crippen molar-refractivity contribution in [3.8, 4) is 0 Å².